The lowest BCUT2D eigenvalue weighted by molar-refractivity contribution is 0.144. The van der Waals surface area contributed by atoms with Crippen molar-refractivity contribution in [2.75, 3.05) is 0 Å². The van der Waals surface area contributed by atoms with Gasteiger partial charge in [0, 0.05) is 10.0 Å². The molecule has 0 amide bonds. The first-order chi connectivity index (χ1) is 18.7. The summed E-state index contributed by atoms with van der Waals surface area (Å²) in [5, 5.41) is 1.93. The number of halogens is 2. The second-order valence-electron chi connectivity index (χ2n) is 13.2. The van der Waals surface area contributed by atoms with Crippen molar-refractivity contribution in [3.63, 3.8) is 0 Å². The minimum atomic E-state index is 0.627. The third-order valence-corrected chi connectivity index (χ3v) is 11.9. The highest BCUT2D eigenvalue weighted by atomic mass is 35.5. The molecule has 0 aromatic heterocycles. The van der Waals surface area contributed by atoms with E-state index >= 15 is 0 Å². The molecule has 4 saturated carbocycles. The van der Waals surface area contributed by atoms with E-state index in [-0.39, 0.29) is 0 Å². The number of benzene rings is 2. The number of hydrogen-bond acceptors (Lipinski definition) is 0. The minimum absolute atomic E-state index is 0.627. The Morgan fingerprint density at radius 1 is 0.421 bits per heavy atom. The molecular formula is C36H42Cl2. The Morgan fingerprint density at radius 2 is 0.789 bits per heavy atom. The van der Waals surface area contributed by atoms with E-state index in [1.165, 1.54) is 123 Å². The molecule has 2 heteroatoms. The predicted octanol–water partition coefficient (Wildman–Crippen LogP) is 11.8. The lowest BCUT2D eigenvalue weighted by Crippen LogP contribution is -2.30. The van der Waals surface area contributed by atoms with Gasteiger partial charge in [0.15, 0.2) is 0 Å². The molecule has 200 valence electrons. The molecule has 0 saturated heterocycles. The van der Waals surface area contributed by atoms with Gasteiger partial charge in [-0.15, -0.1) is 0 Å². The van der Waals surface area contributed by atoms with Gasteiger partial charge in [0.05, 0.1) is 0 Å². The molecule has 0 aliphatic heterocycles. The van der Waals surface area contributed by atoms with Gasteiger partial charge in [0.2, 0.25) is 0 Å². The Bertz CT molecular complexity index is 1150. The standard InChI is InChI=1S/C36H42Cl2/c37-35-21-27-17-18-28-22-36(38)34(32-14-6-10-24-8-2-4-12-30(24)32)20-26(28)16-15-25(27)19-33(35)31-13-5-9-23-7-1-3-11-29(23)31/h15-24,29-32H,1-14H2/b16-15-,18-17-,25-15?,26-16?,27-17?,28-18?. The fraction of sp³-hybridized carbons (Fsp3) is 0.556. The molecule has 2 aromatic carbocycles. The van der Waals surface area contributed by atoms with E-state index < -0.39 is 0 Å². The van der Waals surface area contributed by atoms with Crippen LogP contribution >= 0.6 is 23.2 Å². The molecule has 7 rings (SSSR count). The predicted molar refractivity (Wildman–Crippen MR) is 165 cm³/mol. The largest absolute Gasteiger partial charge is 0.0840 e. The monoisotopic (exact) mass is 544 g/mol. The van der Waals surface area contributed by atoms with Crippen molar-refractivity contribution in [2.24, 2.45) is 23.7 Å². The fourth-order valence-electron chi connectivity index (χ4n) is 9.40. The molecule has 2 aromatic rings. The number of hydrogen-bond donors (Lipinski definition) is 0. The normalized spacial score (nSPS) is 34.1. The highest BCUT2D eigenvalue weighted by molar-refractivity contribution is 6.32. The molecule has 6 atom stereocenters. The highest BCUT2D eigenvalue weighted by Gasteiger charge is 2.38. The van der Waals surface area contributed by atoms with Crippen LogP contribution in [0.1, 0.15) is 135 Å². The Kier molecular flexibility index (Phi) is 7.25. The summed E-state index contributed by atoms with van der Waals surface area (Å²) in [7, 11) is 0. The van der Waals surface area contributed by atoms with Crippen molar-refractivity contribution in [1.29, 1.82) is 0 Å². The second-order valence-corrected chi connectivity index (χ2v) is 14.0. The third kappa shape index (κ3) is 4.73. The quantitative estimate of drug-likeness (QED) is 0.300. The summed E-state index contributed by atoms with van der Waals surface area (Å²) in [6, 6.07) is 9.34. The molecule has 0 spiro atoms. The van der Waals surface area contributed by atoms with E-state index in [0.717, 1.165) is 33.7 Å². The van der Waals surface area contributed by atoms with E-state index in [1.807, 2.05) is 0 Å². The molecule has 5 aliphatic carbocycles. The molecule has 0 heterocycles. The van der Waals surface area contributed by atoms with Gasteiger partial charge < -0.3 is 0 Å². The van der Waals surface area contributed by atoms with Gasteiger partial charge in [0.1, 0.15) is 0 Å². The van der Waals surface area contributed by atoms with Gasteiger partial charge in [0.25, 0.3) is 0 Å². The van der Waals surface area contributed by atoms with Crippen LogP contribution in [-0.2, 0) is 0 Å². The van der Waals surface area contributed by atoms with Crippen LogP contribution in [0.2, 0.25) is 10.0 Å². The molecule has 0 N–H and O–H groups in total. The van der Waals surface area contributed by atoms with Crippen molar-refractivity contribution in [3.05, 3.63) is 67.7 Å². The van der Waals surface area contributed by atoms with Gasteiger partial charge in [-0.3, -0.25) is 0 Å². The van der Waals surface area contributed by atoms with Crippen molar-refractivity contribution >= 4 is 47.5 Å². The molecule has 0 bridgehead atoms. The van der Waals surface area contributed by atoms with E-state index in [2.05, 4.69) is 48.6 Å². The van der Waals surface area contributed by atoms with Gasteiger partial charge in [-0.05, 0) is 119 Å². The van der Waals surface area contributed by atoms with Gasteiger partial charge in [-0.25, -0.2) is 0 Å². The van der Waals surface area contributed by atoms with Crippen LogP contribution in [0.25, 0.3) is 24.3 Å². The first-order valence-electron chi connectivity index (χ1n) is 15.7. The smallest absolute Gasteiger partial charge is 0.0447 e. The summed E-state index contributed by atoms with van der Waals surface area (Å²) in [6.45, 7) is 0. The molecule has 38 heavy (non-hydrogen) atoms. The zero-order chi connectivity index (χ0) is 25.6. The van der Waals surface area contributed by atoms with Crippen molar-refractivity contribution in [2.45, 2.75) is 102 Å². The summed E-state index contributed by atoms with van der Waals surface area (Å²) in [4.78, 5) is 0. The van der Waals surface area contributed by atoms with Crippen molar-refractivity contribution in [3.8, 4) is 0 Å². The zero-order valence-electron chi connectivity index (χ0n) is 22.7. The van der Waals surface area contributed by atoms with Crippen molar-refractivity contribution in [1.82, 2.24) is 0 Å². The van der Waals surface area contributed by atoms with Crippen LogP contribution in [-0.4, -0.2) is 0 Å². The average molecular weight is 546 g/mol. The molecule has 5 aliphatic rings. The Labute approximate surface area is 239 Å². The van der Waals surface area contributed by atoms with E-state index in [9.17, 15) is 0 Å². The summed E-state index contributed by atoms with van der Waals surface area (Å²) >= 11 is 14.1. The maximum absolute atomic E-state index is 7.03. The van der Waals surface area contributed by atoms with E-state index in [0.29, 0.717) is 11.8 Å². The van der Waals surface area contributed by atoms with Crippen LogP contribution in [0, 0.1) is 23.7 Å². The SMILES string of the molecule is Clc1cc2c(cc1C1CCCC3CCCCC31)/C=C\c1cc(C3CCCC4CCCCC43)c(Cl)cc1/C=C\2. The summed E-state index contributed by atoms with van der Waals surface area (Å²) in [6.07, 6.45) is 28.6. The number of rotatable bonds is 2. The molecule has 4 fully saturated rings. The maximum atomic E-state index is 7.03. The maximum Gasteiger partial charge on any atom is 0.0447 e. The van der Waals surface area contributed by atoms with Gasteiger partial charge in [-0.1, -0.05) is 112 Å². The summed E-state index contributed by atoms with van der Waals surface area (Å²) in [5.74, 6) is 4.73. The fourth-order valence-corrected chi connectivity index (χ4v) is 10.0. The highest BCUT2D eigenvalue weighted by Crippen LogP contribution is 2.51. The van der Waals surface area contributed by atoms with E-state index in [1.54, 1.807) is 0 Å². The molecular weight excluding hydrogens is 503 g/mol. The summed E-state index contributed by atoms with van der Waals surface area (Å²) in [5.41, 5.74) is 7.87. The summed E-state index contributed by atoms with van der Waals surface area (Å²) < 4.78 is 0. The van der Waals surface area contributed by atoms with Gasteiger partial charge >= 0.3 is 0 Å². The van der Waals surface area contributed by atoms with Crippen LogP contribution in [0.3, 0.4) is 0 Å². The molecule has 6 unspecified atom stereocenters. The Morgan fingerprint density at radius 3 is 1.24 bits per heavy atom. The Hall–Kier alpha value is -1.50. The first-order valence-corrected chi connectivity index (χ1v) is 16.4. The third-order valence-electron chi connectivity index (χ3n) is 11.2. The Balaban J connectivity index is 1.22. The van der Waals surface area contributed by atoms with Crippen LogP contribution in [0.15, 0.2) is 24.3 Å². The molecule has 0 radical (unpaired) electrons. The lowest BCUT2D eigenvalue weighted by atomic mass is 9.63. The van der Waals surface area contributed by atoms with Crippen molar-refractivity contribution < 1.29 is 0 Å². The van der Waals surface area contributed by atoms with E-state index in [4.69, 9.17) is 23.2 Å². The second kappa shape index (κ2) is 10.8. The topological polar surface area (TPSA) is 0 Å². The van der Waals surface area contributed by atoms with Crippen LogP contribution < -0.4 is 0 Å². The van der Waals surface area contributed by atoms with Crippen LogP contribution in [0.4, 0.5) is 0 Å². The first kappa shape index (κ1) is 25.5. The lowest BCUT2D eigenvalue weighted by Gasteiger charge is -2.42. The molecule has 0 nitrogen and oxygen atoms in total. The number of fused-ring (bicyclic) bond motifs is 4. The average Bonchev–Trinajstić information content (AvgIpc) is 2.94. The zero-order valence-corrected chi connectivity index (χ0v) is 24.3. The van der Waals surface area contributed by atoms with Gasteiger partial charge in [-0.2, -0.15) is 0 Å². The minimum Gasteiger partial charge on any atom is -0.0840 e. The van der Waals surface area contributed by atoms with Crippen LogP contribution in [0.5, 0.6) is 0 Å².